The Labute approximate surface area is 158 Å². The molecular formula is C21H24FN3O2. The fourth-order valence-corrected chi connectivity index (χ4v) is 3.11. The van der Waals surface area contributed by atoms with Crippen molar-refractivity contribution in [3.8, 4) is 0 Å². The fraction of sp³-hybridized carbons (Fsp3) is 0.286. The third-order valence-corrected chi connectivity index (χ3v) is 4.44. The normalized spacial score (nSPS) is 14.2. The van der Waals surface area contributed by atoms with Gasteiger partial charge in [0.15, 0.2) is 0 Å². The lowest BCUT2D eigenvalue weighted by molar-refractivity contribution is -0.110. The molecule has 0 atom stereocenters. The Morgan fingerprint density at radius 1 is 1.22 bits per heavy atom. The maximum absolute atomic E-state index is 14.6. The van der Waals surface area contributed by atoms with Gasteiger partial charge in [0.1, 0.15) is 5.82 Å². The summed E-state index contributed by atoms with van der Waals surface area (Å²) in [6.45, 7) is 3.99. The second kappa shape index (κ2) is 8.68. The maximum Gasteiger partial charge on any atom is 0.257 e. The molecule has 0 radical (unpaired) electrons. The van der Waals surface area contributed by atoms with Crippen molar-refractivity contribution >= 4 is 28.5 Å². The van der Waals surface area contributed by atoms with Gasteiger partial charge in [-0.05, 0) is 30.7 Å². The van der Waals surface area contributed by atoms with Gasteiger partial charge >= 0.3 is 0 Å². The summed E-state index contributed by atoms with van der Waals surface area (Å²) < 4.78 is 19.8. The third kappa shape index (κ3) is 4.28. The Morgan fingerprint density at radius 3 is 2.78 bits per heavy atom. The second-order valence-electron chi connectivity index (χ2n) is 6.35. The summed E-state index contributed by atoms with van der Waals surface area (Å²) in [5.41, 5.74) is 3.29. The van der Waals surface area contributed by atoms with Crippen molar-refractivity contribution in [2.24, 2.45) is 0 Å². The zero-order valence-electron chi connectivity index (χ0n) is 15.6. The van der Waals surface area contributed by atoms with Crippen molar-refractivity contribution < 1.29 is 13.9 Å². The monoisotopic (exact) mass is 369 g/mol. The average Bonchev–Trinajstić information content (AvgIpc) is 2.99. The van der Waals surface area contributed by atoms with E-state index >= 15 is 0 Å². The fourth-order valence-electron chi connectivity index (χ4n) is 3.11. The average molecular weight is 369 g/mol. The number of halogens is 1. The molecule has 1 heterocycles. The topological polar surface area (TPSA) is 53.6 Å². The van der Waals surface area contributed by atoms with Gasteiger partial charge in [-0.3, -0.25) is 4.79 Å². The van der Waals surface area contributed by atoms with Crippen molar-refractivity contribution in [1.82, 2.24) is 0 Å². The number of amides is 1. The third-order valence-electron chi connectivity index (χ3n) is 4.44. The summed E-state index contributed by atoms with van der Waals surface area (Å²) in [5, 5.41) is 5.85. The molecule has 5 nitrogen and oxygen atoms in total. The zero-order valence-corrected chi connectivity index (χ0v) is 15.6. The van der Waals surface area contributed by atoms with Gasteiger partial charge < -0.3 is 20.3 Å². The molecule has 2 aromatic rings. The van der Waals surface area contributed by atoms with Gasteiger partial charge in [0.2, 0.25) is 0 Å². The van der Waals surface area contributed by atoms with E-state index in [1.807, 2.05) is 35.2 Å². The number of methoxy groups -OCH3 is 1. The quantitative estimate of drug-likeness (QED) is 0.688. The van der Waals surface area contributed by atoms with Gasteiger partial charge in [-0.25, -0.2) is 4.39 Å². The molecule has 0 unspecified atom stereocenters. The smallest absolute Gasteiger partial charge is 0.257 e. The van der Waals surface area contributed by atoms with Crippen LogP contribution in [0.25, 0.3) is 5.57 Å². The first-order valence-corrected chi connectivity index (χ1v) is 9.05. The minimum absolute atomic E-state index is 0.172. The zero-order chi connectivity index (χ0) is 19.2. The highest BCUT2D eigenvalue weighted by Gasteiger charge is 2.23. The Bertz CT molecular complexity index is 851. The molecule has 27 heavy (non-hydrogen) atoms. The van der Waals surface area contributed by atoms with Crippen molar-refractivity contribution in [2.45, 2.75) is 13.3 Å². The van der Waals surface area contributed by atoms with Crippen molar-refractivity contribution in [2.75, 3.05) is 42.3 Å². The molecule has 6 heteroatoms. The molecule has 0 saturated heterocycles. The molecule has 1 aliphatic heterocycles. The number of nitrogens with one attached hydrogen (secondary N) is 2. The van der Waals surface area contributed by atoms with E-state index in [0.717, 1.165) is 24.2 Å². The highest BCUT2D eigenvalue weighted by Crippen LogP contribution is 2.31. The predicted molar refractivity (Wildman–Crippen MR) is 107 cm³/mol. The van der Waals surface area contributed by atoms with Gasteiger partial charge in [0.25, 0.3) is 5.91 Å². The van der Waals surface area contributed by atoms with E-state index < -0.39 is 0 Å². The highest BCUT2D eigenvalue weighted by atomic mass is 19.1. The molecule has 1 amide bonds. The van der Waals surface area contributed by atoms with Gasteiger partial charge in [-0.1, -0.05) is 25.1 Å². The van der Waals surface area contributed by atoms with E-state index in [-0.39, 0.29) is 11.7 Å². The van der Waals surface area contributed by atoms with E-state index in [0.29, 0.717) is 30.1 Å². The second-order valence-corrected chi connectivity index (χ2v) is 6.35. The van der Waals surface area contributed by atoms with Gasteiger partial charge in [-0.2, -0.15) is 0 Å². The number of para-hydroxylation sites is 1. The van der Waals surface area contributed by atoms with Gasteiger partial charge in [0, 0.05) is 43.3 Å². The summed E-state index contributed by atoms with van der Waals surface area (Å²) in [5.74, 6) is -0.478. The molecule has 2 aromatic carbocycles. The Balaban J connectivity index is 1.77. The van der Waals surface area contributed by atoms with E-state index in [2.05, 4.69) is 17.6 Å². The summed E-state index contributed by atoms with van der Waals surface area (Å²) in [6, 6.07) is 12.5. The molecule has 0 fully saturated rings. The number of hydrogen-bond donors (Lipinski definition) is 2. The lowest BCUT2D eigenvalue weighted by atomic mass is 10.1. The standard InChI is InChI=1S/C21H24FN3O2/c1-3-10-25(11-12-27-2)20-9-8-15(13-18(20)22)23-14-17-16-6-4-5-7-19(16)24-21(17)26/h4-9,13-14,23H,3,10-12H2,1-2H3,(H,24,26). The number of fused-ring (bicyclic) bond motifs is 1. The molecule has 0 saturated carbocycles. The van der Waals surface area contributed by atoms with Crippen LogP contribution in [0.1, 0.15) is 18.9 Å². The van der Waals surface area contributed by atoms with Gasteiger partial charge in [-0.15, -0.1) is 0 Å². The minimum atomic E-state index is -0.306. The van der Waals surface area contributed by atoms with Crippen LogP contribution in [0.5, 0.6) is 0 Å². The van der Waals surface area contributed by atoms with Crippen LogP contribution in [0.3, 0.4) is 0 Å². The van der Waals surface area contributed by atoms with E-state index in [9.17, 15) is 9.18 Å². The highest BCUT2D eigenvalue weighted by molar-refractivity contribution is 6.31. The van der Waals surface area contributed by atoms with Crippen LogP contribution in [0, 0.1) is 5.82 Å². The van der Waals surface area contributed by atoms with Crippen molar-refractivity contribution in [3.05, 3.63) is 60.0 Å². The molecule has 0 aromatic heterocycles. The van der Waals surface area contributed by atoms with Crippen LogP contribution in [0.2, 0.25) is 0 Å². The maximum atomic E-state index is 14.6. The summed E-state index contributed by atoms with van der Waals surface area (Å²) in [4.78, 5) is 14.1. The molecule has 2 N–H and O–H groups in total. The summed E-state index contributed by atoms with van der Waals surface area (Å²) in [7, 11) is 1.64. The number of benzene rings is 2. The van der Waals surface area contributed by atoms with Crippen LogP contribution in [-0.2, 0) is 9.53 Å². The van der Waals surface area contributed by atoms with Crippen molar-refractivity contribution in [1.29, 1.82) is 0 Å². The lowest BCUT2D eigenvalue weighted by Gasteiger charge is -2.24. The van der Waals surface area contributed by atoms with E-state index in [1.165, 1.54) is 6.07 Å². The Kier molecular flexibility index (Phi) is 6.08. The number of rotatable bonds is 8. The Morgan fingerprint density at radius 2 is 2.04 bits per heavy atom. The first kappa shape index (κ1) is 18.9. The molecule has 3 rings (SSSR count). The predicted octanol–water partition coefficient (Wildman–Crippen LogP) is 4.09. The number of ether oxygens (including phenoxy) is 1. The van der Waals surface area contributed by atoms with Crippen LogP contribution in [0.4, 0.5) is 21.5 Å². The number of carbonyl (C=O) groups excluding carboxylic acids is 1. The number of carbonyl (C=O) groups is 1. The SMILES string of the molecule is CCCN(CCOC)c1ccc(NC=C2C(=O)Nc3ccccc32)cc1F. The molecular weight excluding hydrogens is 345 g/mol. The van der Waals surface area contributed by atoms with Crippen molar-refractivity contribution in [3.63, 3.8) is 0 Å². The Hall–Kier alpha value is -2.86. The molecule has 0 spiro atoms. The number of nitrogens with zero attached hydrogens (tertiary/aromatic N) is 1. The molecule has 1 aliphatic rings. The first-order chi connectivity index (χ1) is 13.1. The van der Waals surface area contributed by atoms with E-state index in [4.69, 9.17) is 4.74 Å². The molecule has 0 bridgehead atoms. The van der Waals surface area contributed by atoms with Crippen LogP contribution in [-0.4, -0.2) is 32.7 Å². The molecule has 142 valence electrons. The molecule has 0 aliphatic carbocycles. The van der Waals surface area contributed by atoms with Crippen LogP contribution < -0.4 is 15.5 Å². The number of hydrogen-bond acceptors (Lipinski definition) is 4. The largest absolute Gasteiger partial charge is 0.383 e. The number of anilines is 3. The van der Waals surface area contributed by atoms with E-state index in [1.54, 1.807) is 19.4 Å². The van der Waals surface area contributed by atoms with Crippen LogP contribution in [0.15, 0.2) is 48.7 Å². The summed E-state index contributed by atoms with van der Waals surface area (Å²) in [6.07, 6.45) is 2.54. The summed E-state index contributed by atoms with van der Waals surface area (Å²) >= 11 is 0. The van der Waals surface area contributed by atoms with Gasteiger partial charge in [0.05, 0.1) is 17.9 Å². The minimum Gasteiger partial charge on any atom is -0.383 e. The van der Waals surface area contributed by atoms with Crippen LogP contribution >= 0.6 is 0 Å². The first-order valence-electron chi connectivity index (χ1n) is 9.05. The lowest BCUT2D eigenvalue weighted by Crippen LogP contribution is -2.28.